The molecule has 0 aliphatic carbocycles. The molecule has 1 N–H and O–H groups in total. The average Bonchev–Trinajstić information content (AvgIpc) is 2.75. The van der Waals surface area contributed by atoms with Crippen LogP contribution < -0.4 is 14.8 Å². The van der Waals surface area contributed by atoms with E-state index in [0.29, 0.717) is 17.9 Å². The summed E-state index contributed by atoms with van der Waals surface area (Å²) >= 11 is 0. The van der Waals surface area contributed by atoms with E-state index in [0.717, 1.165) is 24.3 Å². The van der Waals surface area contributed by atoms with E-state index < -0.39 is 0 Å². The first-order valence-corrected chi connectivity index (χ1v) is 9.99. The van der Waals surface area contributed by atoms with E-state index in [1.807, 2.05) is 61.5 Å². The number of ether oxygens (including phenoxy) is 2. The summed E-state index contributed by atoms with van der Waals surface area (Å²) in [4.78, 5) is 12.5. The van der Waals surface area contributed by atoms with Crippen LogP contribution in [0.25, 0.3) is 0 Å². The smallest absolute Gasteiger partial charge is 0.255 e. The number of amides is 1. The molecule has 1 atom stereocenters. The van der Waals surface area contributed by atoms with Crippen molar-refractivity contribution in [2.24, 2.45) is 0 Å². The molecule has 1 unspecified atom stereocenters. The molecule has 0 heterocycles. The van der Waals surface area contributed by atoms with Gasteiger partial charge in [0, 0.05) is 23.7 Å². The van der Waals surface area contributed by atoms with E-state index in [2.05, 4.69) is 24.4 Å². The summed E-state index contributed by atoms with van der Waals surface area (Å²) in [5, 5.41) is 2.91. The van der Waals surface area contributed by atoms with Crippen molar-refractivity contribution < 1.29 is 14.3 Å². The molecule has 0 saturated heterocycles. The maximum absolute atomic E-state index is 12.5. The van der Waals surface area contributed by atoms with Gasteiger partial charge >= 0.3 is 0 Å². The third-order valence-electron chi connectivity index (χ3n) is 4.62. The van der Waals surface area contributed by atoms with Gasteiger partial charge in [-0.1, -0.05) is 43.3 Å². The maximum Gasteiger partial charge on any atom is 0.255 e. The Morgan fingerprint density at radius 2 is 1.69 bits per heavy atom. The van der Waals surface area contributed by atoms with Crippen LogP contribution in [0.1, 0.15) is 36.2 Å². The van der Waals surface area contributed by atoms with Crippen LogP contribution >= 0.6 is 0 Å². The van der Waals surface area contributed by atoms with Gasteiger partial charge in [-0.05, 0) is 55.3 Å². The van der Waals surface area contributed by atoms with E-state index in [9.17, 15) is 4.79 Å². The summed E-state index contributed by atoms with van der Waals surface area (Å²) < 4.78 is 11.6. The largest absolute Gasteiger partial charge is 0.493 e. The first kappa shape index (κ1) is 20.5. The Bertz CT molecular complexity index is 907. The molecule has 0 radical (unpaired) electrons. The minimum atomic E-state index is -0.165. The molecule has 0 spiro atoms. The molecular formula is C25H27NO3. The van der Waals surface area contributed by atoms with Gasteiger partial charge in [-0.2, -0.15) is 0 Å². The zero-order chi connectivity index (χ0) is 20.5. The van der Waals surface area contributed by atoms with Crippen LogP contribution in [0.4, 0.5) is 5.69 Å². The second-order valence-electron chi connectivity index (χ2n) is 6.93. The standard InChI is InChI=1S/C25H27NO3/c1-3-19(2)29-24-11-7-10-22(18-24)26-25(27)21-12-14-23(15-13-21)28-17-16-20-8-5-4-6-9-20/h4-15,18-19H,3,16-17H2,1-2H3,(H,26,27). The van der Waals surface area contributed by atoms with Crippen LogP contribution in [0.2, 0.25) is 0 Å². The fraction of sp³-hybridized carbons (Fsp3) is 0.240. The second kappa shape index (κ2) is 10.3. The normalized spacial score (nSPS) is 11.5. The first-order valence-electron chi connectivity index (χ1n) is 9.99. The van der Waals surface area contributed by atoms with Crippen molar-refractivity contribution in [2.45, 2.75) is 32.8 Å². The highest BCUT2D eigenvalue weighted by Gasteiger charge is 2.08. The van der Waals surface area contributed by atoms with Crippen molar-refractivity contribution in [1.29, 1.82) is 0 Å². The molecular weight excluding hydrogens is 362 g/mol. The predicted molar refractivity (Wildman–Crippen MR) is 117 cm³/mol. The highest BCUT2D eigenvalue weighted by Crippen LogP contribution is 2.20. The molecule has 0 bridgehead atoms. The number of benzene rings is 3. The Hall–Kier alpha value is -3.27. The van der Waals surface area contributed by atoms with Crippen LogP contribution in [0.3, 0.4) is 0 Å². The summed E-state index contributed by atoms with van der Waals surface area (Å²) in [6.07, 6.45) is 1.91. The van der Waals surface area contributed by atoms with Gasteiger partial charge in [0.05, 0.1) is 12.7 Å². The van der Waals surface area contributed by atoms with Gasteiger partial charge < -0.3 is 14.8 Å². The summed E-state index contributed by atoms with van der Waals surface area (Å²) in [5.74, 6) is 1.34. The zero-order valence-corrected chi connectivity index (χ0v) is 16.9. The van der Waals surface area contributed by atoms with Crippen LogP contribution in [0.5, 0.6) is 11.5 Å². The molecule has 3 rings (SSSR count). The fourth-order valence-electron chi connectivity index (χ4n) is 2.80. The molecule has 0 fully saturated rings. The molecule has 0 aliphatic rings. The summed E-state index contributed by atoms with van der Waals surface area (Å²) in [6, 6.07) is 24.9. The van der Waals surface area contributed by atoms with E-state index in [4.69, 9.17) is 9.47 Å². The van der Waals surface area contributed by atoms with Crippen molar-refractivity contribution in [2.75, 3.05) is 11.9 Å². The summed E-state index contributed by atoms with van der Waals surface area (Å²) in [7, 11) is 0. The van der Waals surface area contributed by atoms with E-state index >= 15 is 0 Å². The second-order valence-corrected chi connectivity index (χ2v) is 6.93. The monoisotopic (exact) mass is 389 g/mol. The number of rotatable bonds is 9. The number of carbonyl (C=O) groups is 1. The van der Waals surface area contributed by atoms with Gasteiger partial charge in [0.15, 0.2) is 0 Å². The number of nitrogens with one attached hydrogen (secondary N) is 1. The van der Waals surface area contributed by atoms with Crippen LogP contribution in [-0.4, -0.2) is 18.6 Å². The molecule has 29 heavy (non-hydrogen) atoms. The SMILES string of the molecule is CCC(C)Oc1cccc(NC(=O)c2ccc(OCCc3ccccc3)cc2)c1. The third-order valence-corrected chi connectivity index (χ3v) is 4.62. The highest BCUT2D eigenvalue weighted by molar-refractivity contribution is 6.04. The van der Waals surface area contributed by atoms with Crippen LogP contribution in [-0.2, 0) is 6.42 Å². The van der Waals surface area contributed by atoms with Crippen molar-refractivity contribution in [3.05, 3.63) is 90.0 Å². The molecule has 1 amide bonds. The number of hydrogen-bond donors (Lipinski definition) is 1. The fourth-order valence-corrected chi connectivity index (χ4v) is 2.80. The van der Waals surface area contributed by atoms with Gasteiger partial charge in [0.25, 0.3) is 5.91 Å². The van der Waals surface area contributed by atoms with Gasteiger partial charge in [-0.15, -0.1) is 0 Å². The topological polar surface area (TPSA) is 47.6 Å². The zero-order valence-electron chi connectivity index (χ0n) is 16.9. The Labute approximate surface area is 172 Å². The molecule has 4 nitrogen and oxygen atoms in total. The lowest BCUT2D eigenvalue weighted by Crippen LogP contribution is -2.13. The van der Waals surface area contributed by atoms with Crippen LogP contribution in [0, 0.1) is 0 Å². The Morgan fingerprint density at radius 1 is 0.931 bits per heavy atom. The van der Waals surface area contributed by atoms with Crippen molar-refractivity contribution in [1.82, 2.24) is 0 Å². The Kier molecular flexibility index (Phi) is 7.28. The van der Waals surface area contributed by atoms with Crippen LogP contribution in [0.15, 0.2) is 78.9 Å². The van der Waals surface area contributed by atoms with E-state index in [1.54, 1.807) is 12.1 Å². The quantitative estimate of drug-likeness (QED) is 0.508. The third kappa shape index (κ3) is 6.39. The minimum Gasteiger partial charge on any atom is -0.493 e. The lowest BCUT2D eigenvalue weighted by molar-refractivity contribution is 0.102. The molecule has 0 aliphatic heterocycles. The van der Waals surface area contributed by atoms with Crippen molar-refractivity contribution in [3.63, 3.8) is 0 Å². The summed E-state index contributed by atoms with van der Waals surface area (Å²) in [5.41, 5.74) is 2.52. The molecule has 3 aromatic rings. The summed E-state index contributed by atoms with van der Waals surface area (Å²) in [6.45, 7) is 4.69. The Morgan fingerprint density at radius 3 is 2.41 bits per heavy atom. The predicted octanol–water partition coefficient (Wildman–Crippen LogP) is 5.74. The molecule has 150 valence electrons. The highest BCUT2D eigenvalue weighted by atomic mass is 16.5. The van der Waals surface area contributed by atoms with Crippen molar-refractivity contribution >= 4 is 11.6 Å². The number of carbonyl (C=O) groups excluding carboxylic acids is 1. The molecule has 0 aromatic heterocycles. The van der Waals surface area contributed by atoms with Gasteiger partial charge in [-0.3, -0.25) is 4.79 Å². The number of anilines is 1. The average molecular weight is 389 g/mol. The lowest BCUT2D eigenvalue weighted by atomic mass is 10.1. The first-order chi connectivity index (χ1) is 14.1. The molecule has 4 heteroatoms. The van der Waals surface area contributed by atoms with Gasteiger partial charge in [0.2, 0.25) is 0 Å². The number of hydrogen-bond acceptors (Lipinski definition) is 3. The van der Waals surface area contributed by atoms with Gasteiger partial charge in [0.1, 0.15) is 11.5 Å². The molecule has 3 aromatic carbocycles. The van der Waals surface area contributed by atoms with E-state index in [-0.39, 0.29) is 12.0 Å². The van der Waals surface area contributed by atoms with E-state index in [1.165, 1.54) is 5.56 Å². The molecule has 0 saturated carbocycles. The minimum absolute atomic E-state index is 0.135. The lowest BCUT2D eigenvalue weighted by Gasteiger charge is -2.13. The van der Waals surface area contributed by atoms with Gasteiger partial charge in [-0.25, -0.2) is 0 Å². The maximum atomic E-state index is 12.5. The Balaban J connectivity index is 1.53. The van der Waals surface area contributed by atoms with Crippen molar-refractivity contribution in [3.8, 4) is 11.5 Å².